The molecule has 2 heterocycles. The number of amidine groups is 1. The molecule has 0 saturated carbocycles. The zero-order chi connectivity index (χ0) is 28.6. The highest BCUT2D eigenvalue weighted by Gasteiger charge is 2.23. The Morgan fingerprint density at radius 3 is 2.41 bits per heavy atom. The van der Waals surface area contributed by atoms with Crippen molar-refractivity contribution in [1.82, 2.24) is 20.6 Å². The van der Waals surface area contributed by atoms with Crippen molar-refractivity contribution in [2.45, 2.75) is 25.4 Å². The molecule has 9 heteroatoms. The fourth-order valence-electron chi connectivity index (χ4n) is 4.74. The van der Waals surface area contributed by atoms with E-state index in [1.165, 1.54) is 0 Å². The van der Waals surface area contributed by atoms with Gasteiger partial charge >= 0.3 is 0 Å². The van der Waals surface area contributed by atoms with E-state index in [2.05, 4.69) is 20.6 Å². The molecular formula is C32H31ClN6O2. The molecule has 0 spiro atoms. The number of aromatic nitrogens is 2. The maximum absolute atomic E-state index is 13.7. The van der Waals surface area contributed by atoms with E-state index in [0.29, 0.717) is 37.5 Å². The van der Waals surface area contributed by atoms with Gasteiger partial charge in [-0.15, -0.1) is 11.6 Å². The van der Waals surface area contributed by atoms with Crippen molar-refractivity contribution in [3.63, 3.8) is 0 Å². The Bertz CT molecular complexity index is 1680. The number of nitrogens with one attached hydrogen (secondary N) is 3. The molecule has 5 rings (SSSR count). The van der Waals surface area contributed by atoms with Gasteiger partial charge in [0.2, 0.25) is 5.91 Å². The number of carbonyl (C=O) groups excluding carboxylic acids is 2. The predicted octanol–water partition coefficient (Wildman–Crippen LogP) is 5.17. The van der Waals surface area contributed by atoms with Crippen LogP contribution in [0.25, 0.3) is 33.1 Å². The first kappa shape index (κ1) is 27.9. The number of H-pyrrole nitrogens is 1. The summed E-state index contributed by atoms with van der Waals surface area (Å²) < 4.78 is 0. The van der Waals surface area contributed by atoms with E-state index in [-0.39, 0.29) is 17.5 Å². The topological polar surface area (TPSA) is 125 Å². The molecule has 5 N–H and O–H groups in total. The van der Waals surface area contributed by atoms with Gasteiger partial charge in [0, 0.05) is 34.9 Å². The van der Waals surface area contributed by atoms with Gasteiger partial charge in [0.15, 0.2) is 0 Å². The molecule has 208 valence electrons. The summed E-state index contributed by atoms with van der Waals surface area (Å²) in [5.41, 5.74) is 10.3. The summed E-state index contributed by atoms with van der Waals surface area (Å²) in [6.07, 6.45) is 0.901. The number of nitrogens with two attached hydrogens (primary N) is 1. The van der Waals surface area contributed by atoms with E-state index in [1.54, 1.807) is 6.07 Å². The zero-order valence-corrected chi connectivity index (χ0v) is 23.2. The first-order valence-electron chi connectivity index (χ1n) is 13.5. The van der Waals surface area contributed by atoms with Gasteiger partial charge in [0.05, 0.1) is 17.1 Å². The summed E-state index contributed by atoms with van der Waals surface area (Å²) in [6, 6.07) is 28.3. The molecule has 2 amide bonds. The van der Waals surface area contributed by atoms with Crippen LogP contribution in [0.1, 0.15) is 28.9 Å². The minimum Gasteiger partial charge on any atom is -0.386 e. The molecule has 0 bridgehead atoms. The van der Waals surface area contributed by atoms with Crippen LogP contribution in [-0.2, 0) is 11.3 Å². The van der Waals surface area contributed by atoms with Crippen molar-refractivity contribution in [2.75, 3.05) is 12.4 Å². The van der Waals surface area contributed by atoms with E-state index in [9.17, 15) is 9.59 Å². The number of benzene rings is 3. The number of amides is 2. The SMILES string of the molecule is NC(CCl)=NCCC[C@H](NC(=O)c1cc2c([nH]c3ccccc32)c(-c2ccccc2)n1)C(=O)NCc1ccccc1. The van der Waals surface area contributed by atoms with E-state index < -0.39 is 11.9 Å². The number of pyridine rings is 1. The number of para-hydroxylation sites is 1. The van der Waals surface area contributed by atoms with Crippen LogP contribution in [0.3, 0.4) is 0 Å². The first-order chi connectivity index (χ1) is 20.0. The van der Waals surface area contributed by atoms with Gasteiger partial charge in [-0.2, -0.15) is 0 Å². The van der Waals surface area contributed by atoms with Crippen molar-refractivity contribution in [2.24, 2.45) is 10.7 Å². The van der Waals surface area contributed by atoms with Gasteiger partial charge in [-0.3, -0.25) is 14.6 Å². The second-order valence-corrected chi connectivity index (χ2v) is 9.96. The Morgan fingerprint density at radius 2 is 1.66 bits per heavy atom. The van der Waals surface area contributed by atoms with Crippen molar-refractivity contribution in [1.29, 1.82) is 0 Å². The van der Waals surface area contributed by atoms with Gasteiger partial charge < -0.3 is 21.4 Å². The Labute approximate surface area is 243 Å². The number of fused-ring (bicyclic) bond motifs is 3. The predicted molar refractivity (Wildman–Crippen MR) is 165 cm³/mol. The molecule has 0 saturated heterocycles. The molecule has 0 aliphatic carbocycles. The van der Waals surface area contributed by atoms with E-state index >= 15 is 0 Å². The second kappa shape index (κ2) is 13.1. The minimum absolute atomic E-state index is 0.142. The number of rotatable bonds is 11. The molecule has 5 aromatic rings. The van der Waals surface area contributed by atoms with Crippen LogP contribution in [0.2, 0.25) is 0 Å². The largest absolute Gasteiger partial charge is 0.386 e. The van der Waals surface area contributed by atoms with Gasteiger partial charge in [-0.05, 0) is 30.5 Å². The average Bonchev–Trinajstić information content (AvgIpc) is 3.40. The molecule has 0 aliphatic heterocycles. The highest BCUT2D eigenvalue weighted by atomic mass is 35.5. The maximum Gasteiger partial charge on any atom is 0.270 e. The number of carbonyl (C=O) groups is 2. The summed E-state index contributed by atoms with van der Waals surface area (Å²) in [5.74, 6) is -0.236. The van der Waals surface area contributed by atoms with Crippen molar-refractivity contribution in [3.05, 3.63) is 102 Å². The molecule has 41 heavy (non-hydrogen) atoms. The lowest BCUT2D eigenvalue weighted by Gasteiger charge is -2.18. The number of hydrogen-bond donors (Lipinski definition) is 4. The molecule has 0 unspecified atom stereocenters. The summed E-state index contributed by atoms with van der Waals surface area (Å²) in [5, 5.41) is 7.74. The van der Waals surface area contributed by atoms with Crippen LogP contribution in [-0.4, -0.2) is 46.1 Å². The Morgan fingerprint density at radius 1 is 0.951 bits per heavy atom. The Hall–Kier alpha value is -4.69. The molecular weight excluding hydrogens is 536 g/mol. The van der Waals surface area contributed by atoms with E-state index in [4.69, 9.17) is 22.3 Å². The fraction of sp³-hybridized carbons (Fsp3) is 0.188. The number of nitrogens with zero attached hydrogens (tertiary/aromatic N) is 2. The monoisotopic (exact) mass is 566 g/mol. The Kier molecular flexibility index (Phi) is 8.91. The third kappa shape index (κ3) is 6.73. The van der Waals surface area contributed by atoms with Crippen LogP contribution in [0, 0.1) is 0 Å². The lowest BCUT2D eigenvalue weighted by Crippen LogP contribution is -2.46. The number of alkyl halides is 1. The summed E-state index contributed by atoms with van der Waals surface area (Å²) in [6.45, 7) is 0.746. The third-order valence-electron chi connectivity index (χ3n) is 6.81. The molecule has 1 atom stereocenters. The molecule has 3 aromatic carbocycles. The van der Waals surface area contributed by atoms with Crippen molar-refractivity contribution < 1.29 is 9.59 Å². The second-order valence-electron chi connectivity index (χ2n) is 9.69. The van der Waals surface area contributed by atoms with Gasteiger partial charge in [0.25, 0.3) is 5.91 Å². The van der Waals surface area contributed by atoms with Crippen LogP contribution in [0.4, 0.5) is 0 Å². The average molecular weight is 567 g/mol. The standard InChI is InChI=1S/C32H31ClN6O2/c33-19-28(34)35-17-9-16-26(31(40)36-20-21-10-3-1-4-11-21)39-32(41)27-18-24-23-14-7-8-15-25(23)37-30(24)29(38-27)22-12-5-2-6-13-22/h1-8,10-15,18,26,37H,9,16-17,19-20H2,(H2,34,35)(H,36,40)(H,39,41)/t26-/m0/s1. The van der Waals surface area contributed by atoms with Crippen molar-refractivity contribution >= 4 is 51.1 Å². The summed E-state index contributed by atoms with van der Waals surface area (Å²) in [4.78, 5) is 39.4. The smallest absolute Gasteiger partial charge is 0.270 e. The van der Waals surface area contributed by atoms with E-state index in [1.807, 2.05) is 84.9 Å². The molecule has 2 aromatic heterocycles. The molecule has 0 radical (unpaired) electrons. The van der Waals surface area contributed by atoms with Crippen LogP contribution in [0.5, 0.6) is 0 Å². The van der Waals surface area contributed by atoms with Crippen LogP contribution >= 0.6 is 11.6 Å². The lowest BCUT2D eigenvalue weighted by molar-refractivity contribution is -0.123. The molecule has 0 aliphatic rings. The minimum atomic E-state index is -0.792. The summed E-state index contributed by atoms with van der Waals surface area (Å²) in [7, 11) is 0. The fourth-order valence-corrected chi connectivity index (χ4v) is 4.82. The number of hydrogen-bond acceptors (Lipinski definition) is 4. The lowest BCUT2D eigenvalue weighted by atomic mass is 10.1. The van der Waals surface area contributed by atoms with Crippen LogP contribution < -0.4 is 16.4 Å². The number of aromatic amines is 1. The molecule has 8 nitrogen and oxygen atoms in total. The van der Waals surface area contributed by atoms with E-state index in [0.717, 1.165) is 32.9 Å². The highest BCUT2D eigenvalue weighted by Crippen LogP contribution is 2.32. The zero-order valence-electron chi connectivity index (χ0n) is 22.4. The number of halogens is 1. The summed E-state index contributed by atoms with van der Waals surface area (Å²) >= 11 is 5.72. The van der Waals surface area contributed by atoms with Crippen LogP contribution in [0.15, 0.2) is 96.0 Å². The first-order valence-corrected chi connectivity index (χ1v) is 14.0. The van der Waals surface area contributed by atoms with Gasteiger partial charge in [0.1, 0.15) is 17.6 Å². The third-order valence-corrected chi connectivity index (χ3v) is 7.08. The quantitative estimate of drug-likeness (QED) is 0.0761. The normalized spacial score (nSPS) is 12.4. The highest BCUT2D eigenvalue weighted by molar-refractivity contribution is 6.28. The Balaban J connectivity index is 1.43. The number of aliphatic imine (C=N–C) groups is 1. The maximum atomic E-state index is 13.7. The van der Waals surface area contributed by atoms with Gasteiger partial charge in [-0.1, -0.05) is 78.9 Å². The molecule has 0 fully saturated rings. The van der Waals surface area contributed by atoms with Crippen molar-refractivity contribution in [3.8, 4) is 11.3 Å². The van der Waals surface area contributed by atoms with Gasteiger partial charge in [-0.25, -0.2) is 4.98 Å².